The third-order valence-electron chi connectivity index (χ3n) is 5.91. The zero-order valence-electron chi connectivity index (χ0n) is 18.8. The van der Waals surface area contributed by atoms with E-state index in [-0.39, 0.29) is 23.7 Å². The van der Waals surface area contributed by atoms with Crippen LogP contribution in [0.15, 0.2) is 30.5 Å². The number of carbonyl (C=O) groups is 2. The second-order valence-corrected chi connectivity index (χ2v) is 8.52. The Labute approximate surface area is 184 Å². The molecule has 1 fully saturated rings. The molecule has 0 radical (unpaired) electrons. The monoisotopic (exact) mass is 426 g/mol. The Kier molecular flexibility index (Phi) is 8.23. The molecule has 1 aliphatic rings. The summed E-state index contributed by atoms with van der Waals surface area (Å²) in [6.45, 7) is 3.38. The Morgan fingerprint density at radius 1 is 1.32 bits per heavy atom. The van der Waals surface area contributed by atoms with Crippen LogP contribution in [0.4, 0.5) is 0 Å². The molecule has 0 saturated carbocycles. The first-order valence-electron chi connectivity index (χ1n) is 11.1. The predicted octanol–water partition coefficient (Wildman–Crippen LogP) is 3.73. The van der Waals surface area contributed by atoms with E-state index in [2.05, 4.69) is 20.2 Å². The number of hydrogen-bond donors (Lipinski definition) is 2. The molecule has 31 heavy (non-hydrogen) atoms. The fourth-order valence-corrected chi connectivity index (χ4v) is 4.07. The van der Waals surface area contributed by atoms with E-state index in [1.807, 2.05) is 37.5 Å². The van der Waals surface area contributed by atoms with Crippen LogP contribution in [0.5, 0.6) is 5.75 Å². The van der Waals surface area contributed by atoms with Crippen LogP contribution in [-0.4, -0.2) is 53.8 Å². The van der Waals surface area contributed by atoms with Gasteiger partial charge in [-0.3, -0.25) is 4.79 Å². The number of ketones is 1. The number of nitrogens with one attached hydrogen (secondary N) is 2. The van der Waals surface area contributed by atoms with E-state index in [1.165, 1.54) is 0 Å². The number of nitrogens with zero attached hydrogens (tertiary/aromatic N) is 2. The summed E-state index contributed by atoms with van der Waals surface area (Å²) in [5.74, 6) is 1.90. The van der Waals surface area contributed by atoms with Crippen LogP contribution in [-0.2, 0) is 9.59 Å². The molecule has 7 nitrogen and oxygen atoms in total. The molecule has 7 heteroatoms. The number of rotatable bonds is 11. The molecular weight excluding hydrogens is 392 g/mol. The van der Waals surface area contributed by atoms with Gasteiger partial charge in [0.1, 0.15) is 17.4 Å². The molecule has 2 atom stereocenters. The van der Waals surface area contributed by atoms with Crippen LogP contribution in [0.2, 0.25) is 0 Å². The largest absolute Gasteiger partial charge is 0.497 e. The quantitative estimate of drug-likeness (QED) is 0.535. The first-order chi connectivity index (χ1) is 15.0. The molecule has 0 aliphatic carbocycles. The standard InChI is InChI=1S/C24H34N4O3/c1-17(29)8-5-4-6-11-21(27-24(30)19-12-13-28(2)16-19)23-25-15-22(26-23)18-9-7-10-20(14-18)31-3/h7,9-10,14-15,19,21H,4-6,8,11-13,16H2,1-3H3,(H,25,26)(H,27,30)/t19-,21+/m1/s1. The molecule has 168 valence electrons. The molecule has 1 aromatic carbocycles. The van der Waals surface area contributed by atoms with Crippen LogP contribution in [0.1, 0.15) is 57.3 Å². The maximum absolute atomic E-state index is 12.9. The topological polar surface area (TPSA) is 87.3 Å². The predicted molar refractivity (Wildman–Crippen MR) is 121 cm³/mol. The SMILES string of the molecule is COc1cccc(-c2cnc([C@H](CCCCCC(C)=O)NC(=O)[C@@H]3CCN(C)C3)[nH]2)c1. The number of aromatic amines is 1. The van der Waals surface area contributed by atoms with Crippen molar-refractivity contribution < 1.29 is 14.3 Å². The summed E-state index contributed by atoms with van der Waals surface area (Å²) in [7, 11) is 3.70. The molecule has 0 unspecified atom stereocenters. The van der Waals surface area contributed by atoms with Crippen molar-refractivity contribution in [1.82, 2.24) is 20.2 Å². The fraction of sp³-hybridized carbons (Fsp3) is 0.542. The summed E-state index contributed by atoms with van der Waals surface area (Å²) in [5.41, 5.74) is 1.88. The smallest absolute Gasteiger partial charge is 0.225 e. The number of likely N-dealkylation sites (tertiary alicyclic amines) is 1. The van der Waals surface area contributed by atoms with Gasteiger partial charge in [-0.15, -0.1) is 0 Å². The van der Waals surface area contributed by atoms with Crippen molar-refractivity contribution in [2.24, 2.45) is 5.92 Å². The molecule has 1 amide bonds. The lowest BCUT2D eigenvalue weighted by Crippen LogP contribution is -2.35. The van der Waals surface area contributed by atoms with Crippen molar-refractivity contribution in [1.29, 1.82) is 0 Å². The molecule has 1 saturated heterocycles. The van der Waals surface area contributed by atoms with Crippen molar-refractivity contribution in [2.75, 3.05) is 27.2 Å². The van der Waals surface area contributed by atoms with Gasteiger partial charge in [0, 0.05) is 18.5 Å². The Morgan fingerprint density at radius 2 is 2.16 bits per heavy atom. The molecule has 0 bridgehead atoms. The average molecular weight is 427 g/mol. The third-order valence-corrected chi connectivity index (χ3v) is 5.91. The lowest BCUT2D eigenvalue weighted by molar-refractivity contribution is -0.125. The number of amides is 1. The van der Waals surface area contributed by atoms with E-state index in [0.717, 1.165) is 68.0 Å². The van der Waals surface area contributed by atoms with Gasteiger partial charge >= 0.3 is 0 Å². The van der Waals surface area contributed by atoms with Crippen LogP contribution in [0.3, 0.4) is 0 Å². The van der Waals surface area contributed by atoms with Crippen molar-refractivity contribution in [3.63, 3.8) is 0 Å². The zero-order valence-corrected chi connectivity index (χ0v) is 18.8. The summed E-state index contributed by atoms with van der Waals surface area (Å²) >= 11 is 0. The molecule has 2 N–H and O–H groups in total. The average Bonchev–Trinajstić information content (AvgIpc) is 3.42. The number of carbonyl (C=O) groups excluding carboxylic acids is 2. The molecule has 2 aromatic rings. The lowest BCUT2D eigenvalue weighted by Gasteiger charge is -2.19. The summed E-state index contributed by atoms with van der Waals surface area (Å²) in [6.07, 6.45) is 6.88. The fourth-order valence-electron chi connectivity index (χ4n) is 4.07. The summed E-state index contributed by atoms with van der Waals surface area (Å²) < 4.78 is 5.32. The van der Waals surface area contributed by atoms with E-state index in [1.54, 1.807) is 14.0 Å². The number of imidazole rings is 1. The lowest BCUT2D eigenvalue weighted by atomic mass is 10.0. The summed E-state index contributed by atoms with van der Waals surface area (Å²) in [5, 5.41) is 3.23. The highest BCUT2D eigenvalue weighted by molar-refractivity contribution is 5.79. The van der Waals surface area contributed by atoms with E-state index >= 15 is 0 Å². The first kappa shape index (κ1) is 23.0. The number of Topliss-reactive ketones (excluding diaryl/α,β-unsaturated/α-hetero) is 1. The molecule has 2 heterocycles. The third kappa shape index (κ3) is 6.66. The van der Waals surface area contributed by atoms with Crippen molar-refractivity contribution in [3.8, 4) is 17.0 Å². The molecule has 1 aliphatic heterocycles. The van der Waals surface area contributed by atoms with E-state index in [0.29, 0.717) is 6.42 Å². The highest BCUT2D eigenvalue weighted by Gasteiger charge is 2.28. The molecule has 3 rings (SSSR count). The number of benzene rings is 1. The van der Waals surface area contributed by atoms with E-state index in [9.17, 15) is 9.59 Å². The molecule has 1 aromatic heterocycles. The van der Waals surface area contributed by atoms with Gasteiger partial charge in [0.2, 0.25) is 5.91 Å². The van der Waals surface area contributed by atoms with Gasteiger partial charge in [0.25, 0.3) is 0 Å². The number of hydrogen-bond acceptors (Lipinski definition) is 5. The van der Waals surface area contributed by atoms with Gasteiger partial charge in [-0.05, 0) is 51.9 Å². The normalized spacial score (nSPS) is 17.5. The minimum absolute atomic E-state index is 0.0260. The van der Waals surface area contributed by atoms with Gasteiger partial charge in [0.15, 0.2) is 0 Å². The van der Waals surface area contributed by atoms with Crippen LogP contribution in [0, 0.1) is 5.92 Å². The van der Waals surface area contributed by atoms with Gasteiger partial charge in [0.05, 0.1) is 31.0 Å². The van der Waals surface area contributed by atoms with Crippen LogP contribution >= 0.6 is 0 Å². The van der Waals surface area contributed by atoms with Gasteiger partial charge in [-0.2, -0.15) is 0 Å². The van der Waals surface area contributed by atoms with E-state index < -0.39 is 0 Å². The van der Waals surface area contributed by atoms with Crippen molar-refractivity contribution in [2.45, 2.75) is 51.5 Å². The van der Waals surface area contributed by atoms with Gasteiger partial charge in [-0.1, -0.05) is 25.0 Å². The maximum Gasteiger partial charge on any atom is 0.225 e. The number of ether oxygens (including phenoxy) is 1. The van der Waals surface area contributed by atoms with Crippen LogP contribution in [0.25, 0.3) is 11.3 Å². The molecular formula is C24H34N4O3. The Balaban J connectivity index is 1.69. The Hall–Kier alpha value is -2.67. The number of methoxy groups -OCH3 is 1. The number of aromatic nitrogens is 2. The second-order valence-electron chi connectivity index (χ2n) is 8.52. The van der Waals surface area contributed by atoms with Gasteiger partial charge < -0.3 is 24.7 Å². The Bertz CT molecular complexity index is 879. The molecule has 0 spiro atoms. The van der Waals surface area contributed by atoms with E-state index in [4.69, 9.17) is 4.74 Å². The van der Waals surface area contributed by atoms with Gasteiger partial charge in [-0.25, -0.2) is 4.98 Å². The summed E-state index contributed by atoms with van der Waals surface area (Å²) in [6, 6.07) is 7.64. The Morgan fingerprint density at radius 3 is 2.87 bits per heavy atom. The minimum Gasteiger partial charge on any atom is -0.497 e. The highest BCUT2D eigenvalue weighted by atomic mass is 16.5. The first-order valence-corrected chi connectivity index (χ1v) is 11.1. The van der Waals surface area contributed by atoms with Crippen LogP contribution < -0.4 is 10.1 Å². The number of H-pyrrole nitrogens is 1. The maximum atomic E-state index is 12.9. The minimum atomic E-state index is -0.171. The second kappa shape index (κ2) is 11.1. The van der Waals surface area contributed by atoms with Crippen molar-refractivity contribution >= 4 is 11.7 Å². The van der Waals surface area contributed by atoms with Crippen molar-refractivity contribution in [3.05, 3.63) is 36.3 Å². The number of unbranched alkanes of at least 4 members (excludes halogenated alkanes) is 2. The zero-order chi connectivity index (χ0) is 22.2. The highest BCUT2D eigenvalue weighted by Crippen LogP contribution is 2.26. The summed E-state index contributed by atoms with van der Waals surface area (Å²) in [4.78, 5) is 34.2.